The van der Waals surface area contributed by atoms with Crippen LogP contribution in [0.3, 0.4) is 0 Å². The summed E-state index contributed by atoms with van der Waals surface area (Å²) in [5.74, 6) is 1.12. The van der Waals surface area contributed by atoms with Gasteiger partial charge in [-0.25, -0.2) is 0 Å². The molecule has 0 aliphatic heterocycles. The first kappa shape index (κ1) is 17.0. The number of rotatable bonds is 0. The monoisotopic (exact) mass is 343 g/mol. The Morgan fingerprint density at radius 3 is 2.64 bits per heavy atom. The number of nitrogens with zero attached hydrogens (tertiary/aromatic N) is 1. The maximum atomic E-state index is 12.2. The van der Waals surface area contributed by atoms with E-state index in [1.807, 2.05) is 6.92 Å². The van der Waals surface area contributed by atoms with Crippen molar-refractivity contribution >= 4 is 11.5 Å². The highest BCUT2D eigenvalue weighted by Gasteiger charge is 2.63. The maximum absolute atomic E-state index is 12.2. The average molecular weight is 343 g/mol. The van der Waals surface area contributed by atoms with Crippen LogP contribution in [-0.2, 0) is 4.79 Å². The Balaban J connectivity index is 1.78. The Hall–Kier alpha value is -1.42. The quantitative estimate of drug-likeness (QED) is 0.398. The summed E-state index contributed by atoms with van der Waals surface area (Å²) in [7, 11) is 0. The number of hydrogen-bond acceptors (Lipinski definition) is 4. The largest absolute Gasteiger partial charge is 0.411 e. The van der Waals surface area contributed by atoms with Crippen LogP contribution in [0.1, 0.15) is 59.3 Å². The fourth-order valence-electron chi connectivity index (χ4n) is 6.88. The third-order valence-corrected chi connectivity index (χ3v) is 8.38. The summed E-state index contributed by atoms with van der Waals surface area (Å²) in [6.45, 7) is 10.9. The van der Waals surface area contributed by atoms with E-state index in [0.29, 0.717) is 24.2 Å². The van der Waals surface area contributed by atoms with Gasteiger partial charge < -0.3 is 10.3 Å². The number of oxime groups is 1. The van der Waals surface area contributed by atoms with Crippen LogP contribution in [0.25, 0.3) is 0 Å². The van der Waals surface area contributed by atoms with Gasteiger partial charge in [0.25, 0.3) is 0 Å². The second kappa shape index (κ2) is 5.06. The SMILES string of the molecule is C=C1C[C@@]2(C)[C@@H](CC[C@]2(C)O)[C@@H]2CCC3=CC(=O)/C(=N\O)C[C@]3(C)[C@@H]12. The molecule has 6 atom stereocenters. The summed E-state index contributed by atoms with van der Waals surface area (Å²) in [5.41, 5.74) is 1.73. The van der Waals surface area contributed by atoms with E-state index in [1.54, 1.807) is 6.08 Å². The highest BCUT2D eigenvalue weighted by Crippen LogP contribution is 2.68. The molecule has 0 unspecified atom stereocenters. The van der Waals surface area contributed by atoms with Gasteiger partial charge in [-0.3, -0.25) is 4.79 Å². The van der Waals surface area contributed by atoms with E-state index in [1.165, 1.54) is 11.1 Å². The van der Waals surface area contributed by atoms with Crippen molar-refractivity contribution in [3.63, 3.8) is 0 Å². The molecule has 0 radical (unpaired) electrons. The predicted octanol–water partition coefficient (Wildman–Crippen LogP) is 3.88. The Kier molecular flexibility index (Phi) is 3.45. The highest BCUT2D eigenvalue weighted by atomic mass is 16.4. The van der Waals surface area contributed by atoms with Gasteiger partial charge in [-0.1, -0.05) is 36.7 Å². The first-order valence-electron chi connectivity index (χ1n) is 9.50. The number of aliphatic hydroxyl groups is 1. The summed E-state index contributed by atoms with van der Waals surface area (Å²) in [6, 6.07) is 0. The van der Waals surface area contributed by atoms with Crippen molar-refractivity contribution in [2.45, 2.75) is 64.9 Å². The fraction of sp³-hybridized carbons (Fsp3) is 0.714. The number of carbonyl (C=O) groups excluding carboxylic acids is 1. The molecule has 4 aliphatic carbocycles. The summed E-state index contributed by atoms with van der Waals surface area (Å²) in [4.78, 5) is 12.2. The average Bonchev–Trinajstić information content (AvgIpc) is 2.76. The molecule has 4 rings (SSSR count). The second-order valence-corrected chi connectivity index (χ2v) is 9.53. The minimum absolute atomic E-state index is 0.110. The van der Waals surface area contributed by atoms with Crippen LogP contribution < -0.4 is 0 Å². The third kappa shape index (κ3) is 2.03. The first-order valence-corrected chi connectivity index (χ1v) is 9.50. The lowest BCUT2D eigenvalue weighted by Crippen LogP contribution is -2.55. The summed E-state index contributed by atoms with van der Waals surface area (Å²) < 4.78 is 0. The van der Waals surface area contributed by atoms with E-state index in [2.05, 4.69) is 25.6 Å². The topological polar surface area (TPSA) is 69.9 Å². The van der Waals surface area contributed by atoms with Crippen LogP contribution in [0.5, 0.6) is 0 Å². The molecule has 0 aromatic rings. The van der Waals surface area contributed by atoms with Crippen molar-refractivity contribution in [1.82, 2.24) is 0 Å². The standard InChI is InChI=1S/C21H29NO3/c1-12-10-20(3)15(7-8-21(20,4)24)14-6-5-13-9-17(23)16(22-25)11-19(13,2)18(12)14/h9,14-15,18,24-25H,1,5-8,10-11H2,2-4H3/b22-16-/t14-,15-,18-,19-,20-,21-/m0/s1. The molecule has 4 nitrogen and oxygen atoms in total. The van der Waals surface area contributed by atoms with E-state index in [9.17, 15) is 15.1 Å². The summed E-state index contributed by atoms with van der Waals surface area (Å²) in [6.07, 6.45) is 6.94. The molecule has 0 heterocycles. The van der Waals surface area contributed by atoms with Crippen molar-refractivity contribution < 1.29 is 15.1 Å². The van der Waals surface area contributed by atoms with E-state index >= 15 is 0 Å². The zero-order chi connectivity index (χ0) is 18.2. The number of ketones is 1. The van der Waals surface area contributed by atoms with E-state index in [0.717, 1.165) is 32.1 Å². The van der Waals surface area contributed by atoms with Gasteiger partial charge in [0.2, 0.25) is 5.78 Å². The lowest BCUT2D eigenvalue weighted by Gasteiger charge is -2.59. The summed E-state index contributed by atoms with van der Waals surface area (Å²) in [5, 5.41) is 23.6. The molecule has 4 aliphatic rings. The summed E-state index contributed by atoms with van der Waals surface area (Å²) >= 11 is 0. The number of fused-ring (bicyclic) bond motifs is 5. The molecule has 0 aromatic carbocycles. The Bertz CT molecular complexity index is 719. The minimum atomic E-state index is -0.636. The Morgan fingerprint density at radius 1 is 1.24 bits per heavy atom. The van der Waals surface area contributed by atoms with E-state index < -0.39 is 5.60 Å². The number of hydrogen-bond donors (Lipinski definition) is 2. The molecule has 0 saturated heterocycles. The van der Waals surface area contributed by atoms with Gasteiger partial charge in [0.05, 0.1) is 5.60 Å². The molecule has 3 saturated carbocycles. The van der Waals surface area contributed by atoms with Crippen molar-refractivity contribution in [3.8, 4) is 0 Å². The second-order valence-electron chi connectivity index (χ2n) is 9.53. The highest BCUT2D eigenvalue weighted by molar-refractivity contribution is 6.44. The number of carbonyl (C=O) groups is 1. The lowest BCUT2D eigenvalue weighted by molar-refractivity contribution is -0.110. The van der Waals surface area contributed by atoms with Crippen LogP contribution in [0.4, 0.5) is 0 Å². The molecular formula is C21H29NO3. The van der Waals surface area contributed by atoms with Gasteiger partial charge in [-0.15, -0.1) is 0 Å². The molecule has 2 N–H and O–H groups in total. The normalized spacial score (nSPS) is 51.0. The minimum Gasteiger partial charge on any atom is -0.411 e. The molecule has 25 heavy (non-hydrogen) atoms. The lowest BCUT2D eigenvalue weighted by atomic mass is 9.45. The predicted molar refractivity (Wildman–Crippen MR) is 96.5 cm³/mol. The smallest absolute Gasteiger partial charge is 0.203 e. The number of allylic oxidation sites excluding steroid dienone is 2. The van der Waals surface area contributed by atoms with Gasteiger partial charge >= 0.3 is 0 Å². The van der Waals surface area contributed by atoms with Gasteiger partial charge in [-0.2, -0.15) is 0 Å². The molecular weight excluding hydrogens is 314 g/mol. The van der Waals surface area contributed by atoms with Crippen LogP contribution in [0.15, 0.2) is 29.0 Å². The third-order valence-electron chi connectivity index (χ3n) is 8.38. The van der Waals surface area contributed by atoms with Crippen LogP contribution in [0, 0.1) is 28.6 Å². The van der Waals surface area contributed by atoms with Crippen LogP contribution in [0.2, 0.25) is 0 Å². The molecule has 3 fully saturated rings. The van der Waals surface area contributed by atoms with Crippen LogP contribution >= 0.6 is 0 Å². The van der Waals surface area contributed by atoms with E-state index in [4.69, 9.17) is 0 Å². The molecule has 136 valence electrons. The van der Waals surface area contributed by atoms with Crippen molar-refractivity contribution in [2.24, 2.45) is 33.7 Å². The van der Waals surface area contributed by atoms with Gasteiger partial charge in [-0.05, 0) is 62.9 Å². The molecule has 0 amide bonds. The van der Waals surface area contributed by atoms with Crippen molar-refractivity contribution in [1.29, 1.82) is 0 Å². The fourth-order valence-corrected chi connectivity index (χ4v) is 6.88. The van der Waals surface area contributed by atoms with Gasteiger partial charge in [0.1, 0.15) is 5.71 Å². The zero-order valence-electron chi connectivity index (χ0n) is 15.5. The van der Waals surface area contributed by atoms with Crippen LogP contribution in [-0.4, -0.2) is 27.4 Å². The molecule has 0 spiro atoms. The first-order chi connectivity index (χ1) is 11.6. The van der Waals surface area contributed by atoms with Gasteiger partial charge in [0, 0.05) is 17.3 Å². The van der Waals surface area contributed by atoms with Gasteiger partial charge in [0.15, 0.2) is 0 Å². The molecule has 0 bridgehead atoms. The Morgan fingerprint density at radius 2 is 1.96 bits per heavy atom. The van der Waals surface area contributed by atoms with E-state index in [-0.39, 0.29) is 22.3 Å². The Labute approximate surface area is 149 Å². The molecule has 0 aromatic heterocycles. The zero-order valence-corrected chi connectivity index (χ0v) is 15.5. The van der Waals surface area contributed by atoms with Crippen molar-refractivity contribution in [2.75, 3.05) is 0 Å². The van der Waals surface area contributed by atoms with Crippen molar-refractivity contribution in [3.05, 3.63) is 23.8 Å². The molecule has 4 heteroatoms. The maximum Gasteiger partial charge on any atom is 0.203 e.